The molecule has 4 atom stereocenters. The molecule has 0 spiro atoms. The third-order valence-electron chi connectivity index (χ3n) is 4.00. The van der Waals surface area contributed by atoms with Gasteiger partial charge >= 0.3 is 0 Å². The van der Waals surface area contributed by atoms with E-state index < -0.39 is 27.9 Å². The summed E-state index contributed by atoms with van der Waals surface area (Å²) in [7, 11) is 0. The summed E-state index contributed by atoms with van der Waals surface area (Å²) in [6, 6.07) is 0.745. The fourth-order valence-corrected chi connectivity index (χ4v) is 2.90. The summed E-state index contributed by atoms with van der Waals surface area (Å²) in [5, 5.41) is 13.2. The summed E-state index contributed by atoms with van der Waals surface area (Å²) in [4.78, 5) is 9.67. The zero-order valence-electron chi connectivity index (χ0n) is 10.4. The quantitative estimate of drug-likeness (QED) is 0.647. The first kappa shape index (κ1) is 13.2. The number of benzene rings is 1. The van der Waals surface area contributed by atoms with Crippen LogP contribution >= 0.6 is 0 Å². The second kappa shape index (κ2) is 4.64. The number of nitro groups is 1. The number of non-ortho nitro benzene ring substituents is 1. The van der Waals surface area contributed by atoms with Gasteiger partial charge in [-0.2, -0.15) is 0 Å². The molecule has 1 aliphatic heterocycles. The van der Waals surface area contributed by atoms with E-state index in [-0.39, 0.29) is 24.1 Å². The molecule has 108 valence electrons. The molecule has 0 radical (unpaired) electrons. The lowest BCUT2D eigenvalue weighted by atomic mass is 9.72. The van der Waals surface area contributed by atoms with Gasteiger partial charge in [0.2, 0.25) is 0 Å². The van der Waals surface area contributed by atoms with E-state index >= 15 is 0 Å². The number of nitro benzene ring substituents is 1. The van der Waals surface area contributed by atoms with Gasteiger partial charge in [0.05, 0.1) is 29.2 Å². The number of nitrogens with zero attached hydrogens (tertiary/aromatic N) is 1. The van der Waals surface area contributed by atoms with Gasteiger partial charge in [0, 0.05) is 18.6 Å². The standard InChI is InChI=1S/C12H13F2N3O3/c13-7-3-5(17(18)19)4-8(14)10(7)16-11-9(15)6-1-2-20-12(6)11/h3-4,6,9,11-12,16H,1-2,15H2. The Morgan fingerprint density at radius 3 is 2.65 bits per heavy atom. The maximum absolute atomic E-state index is 13.8. The molecule has 1 heterocycles. The van der Waals surface area contributed by atoms with Crippen LogP contribution in [0.1, 0.15) is 6.42 Å². The Morgan fingerprint density at radius 2 is 2.05 bits per heavy atom. The van der Waals surface area contributed by atoms with E-state index in [2.05, 4.69) is 5.32 Å². The minimum absolute atomic E-state index is 0.154. The van der Waals surface area contributed by atoms with Crippen molar-refractivity contribution in [1.29, 1.82) is 0 Å². The van der Waals surface area contributed by atoms with Crippen molar-refractivity contribution in [2.24, 2.45) is 11.7 Å². The first-order chi connectivity index (χ1) is 9.49. The van der Waals surface area contributed by atoms with Gasteiger partial charge in [-0.15, -0.1) is 0 Å². The average Bonchev–Trinajstić information content (AvgIpc) is 2.82. The van der Waals surface area contributed by atoms with Crippen LogP contribution in [0.25, 0.3) is 0 Å². The molecule has 0 bridgehead atoms. The Bertz CT molecular complexity index is 546. The van der Waals surface area contributed by atoms with Crippen molar-refractivity contribution in [2.45, 2.75) is 24.6 Å². The third-order valence-corrected chi connectivity index (χ3v) is 4.00. The smallest absolute Gasteiger partial charge is 0.275 e. The van der Waals surface area contributed by atoms with Crippen LogP contribution in [0.2, 0.25) is 0 Å². The van der Waals surface area contributed by atoms with E-state index in [9.17, 15) is 18.9 Å². The highest BCUT2D eigenvalue weighted by atomic mass is 19.1. The van der Waals surface area contributed by atoms with E-state index in [1.807, 2.05) is 0 Å². The Kier molecular flexibility index (Phi) is 3.06. The topological polar surface area (TPSA) is 90.4 Å². The molecule has 3 rings (SSSR count). The fourth-order valence-electron chi connectivity index (χ4n) is 2.90. The van der Waals surface area contributed by atoms with Crippen molar-refractivity contribution in [3.05, 3.63) is 33.9 Å². The molecule has 3 N–H and O–H groups in total. The molecule has 2 aliphatic rings. The number of hydrogen-bond donors (Lipinski definition) is 2. The predicted octanol–water partition coefficient (Wildman–Crippen LogP) is 1.40. The summed E-state index contributed by atoms with van der Waals surface area (Å²) in [6.07, 6.45) is 0.689. The number of anilines is 1. The first-order valence-corrected chi connectivity index (χ1v) is 6.26. The molecule has 4 unspecified atom stereocenters. The lowest BCUT2D eigenvalue weighted by Crippen LogP contribution is -2.65. The van der Waals surface area contributed by atoms with Crippen molar-refractivity contribution in [3.63, 3.8) is 0 Å². The minimum Gasteiger partial charge on any atom is -0.376 e. The van der Waals surface area contributed by atoms with Crippen LogP contribution in [-0.2, 0) is 4.74 Å². The van der Waals surface area contributed by atoms with Gasteiger partial charge in [0.1, 0.15) is 5.69 Å². The molecular formula is C12H13F2N3O3. The van der Waals surface area contributed by atoms with Crippen molar-refractivity contribution in [1.82, 2.24) is 0 Å². The van der Waals surface area contributed by atoms with Gasteiger partial charge in [-0.1, -0.05) is 0 Å². The Morgan fingerprint density at radius 1 is 1.40 bits per heavy atom. The monoisotopic (exact) mass is 285 g/mol. The van der Waals surface area contributed by atoms with Crippen molar-refractivity contribution in [3.8, 4) is 0 Å². The van der Waals surface area contributed by atoms with Crippen LogP contribution in [0.3, 0.4) is 0 Å². The van der Waals surface area contributed by atoms with Gasteiger partial charge in [0.25, 0.3) is 5.69 Å². The van der Waals surface area contributed by atoms with Crippen molar-refractivity contribution in [2.75, 3.05) is 11.9 Å². The summed E-state index contributed by atoms with van der Waals surface area (Å²) in [6.45, 7) is 0.590. The van der Waals surface area contributed by atoms with Crippen LogP contribution in [0.15, 0.2) is 12.1 Å². The molecular weight excluding hydrogens is 272 g/mol. The van der Waals surface area contributed by atoms with Crippen LogP contribution in [0, 0.1) is 27.7 Å². The number of nitrogens with two attached hydrogens (primary N) is 1. The van der Waals surface area contributed by atoms with Gasteiger partial charge in [-0.05, 0) is 6.42 Å². The number of nitrogens with one attached hydrogen (secondary N) is 1. The van der Waals surface area contributed by atoms with Crippen LogP contribution < -0.4 is 11.1 Å². The molecule has 1 aromatic carbocycles. The molecule has 0 aromatic heterocycles. The molecule has 8 heteroatoms. The SMILES string of the molecule is NC1C2CCOC2C1Nc1c(F)cc([N+](=O)[O-])cc1F. The highest BCUT2D eigenvalue weighted by molar-refractivity contribution is 5.53. The lowest BCUT2D eigenvalue weighted by molar-refractivity contribution is -0.385. The lowest BCUT2D eigenvalue weighted by Gasteiger charge is -2.46. The average molecular weight is 285 g/mol. The molecule has 20 heavy (non-hydrogen) atoms. The largest absolute Gasteiger partial charge is 0.376 e. The van der Waals surface area contributed by atoms with Gasteiger partial charge < -0.3 is 15.8 Å². The van der Waals surface area contributed by atoms with Crippen LogP contribution in [0.4, 0.5) is 20.2 Å². The number of ether oxygens (including phenoxy) is 1. The highest BCUT2D eigenvalue weighted by Gasteiger charge is 2.52. The summed E-state index contributed by atoms with van der Waals surface area (Å²) in [5.74, 6) is -1.81. The van der Waals surface area contributed by atoms with Crippen LogP contribution in [0.5, 0.6) is 0 Å². The van der Waals surface area contributed by atoms with E-state index in [0.29, 0.717) is 18.7 Å². The number of fused-ring (bicyclic) bond motifs is 1. The van der Waals surface area contributed by atoms with Crippen molar-refractivity contribution < 1.29 is 18.4 Å². The Balaban J connectivity index is 1.83. The highest BCUT2D eigenvalue weighted by Crippen LogP contribution is 2.40. The van der Waals surface area contributed by atoms with Gasteiger partial charge in [0.15, 0.2) is 11.6 Å². The maximum atomic E-state index is 13.8. The van der Waals surface area contributed by atoms with E-state index in [1.165, 1.54) is 0 Å². The third kappa shape index (κ3) is 1.92. The number of halogens is 2. The van der Waals surface area contributed by atoms with Crippen LogP contribution in [-0.4, -0.2) is 29.7 Å². The summed E-state index contributed by atoms with van der Waals surface area (Å²) >= 11 is 0. The maximum Gasteiger partial charge on any atom is 0.275 e. The second-order valence-corrected chi connectivity index (χ2v) is 5.08. The predicted molar refractivity (Wildman–Crippen MR) is 66.2 cm³/mol. The molecule has 6 nitrogen and oxygen atoms in total. The fraction of sp³-hybridized carbons (Fsp3) is 0.500. The van der Waals surface area contributed by atoms with E-state index in [4.69, 9.17) is 10.5 Å². The number of rotatable bonds is 3. The zero-order valence-corrected chi connectivity index (χ0v) is 10.4. The first-order valence-electron chi connectivity index (χ1n) is 6.26. The van der Waals surface area contributed by atoms with Gasteiger partial charge in [-0.3, -0.25) is 10.1 Å². The van der Waals surface area contributed by atoms with Crippen molar-refractivity contribution >= 4 is 11.4 Å². The summed E-state index contributed by atoms with van der Waals surface area (Å²) in [5.41, 5.74) is 4.91. The number of hydrogen-bond acceptors (Lipinski definition) is 5. The molecule has 1 aliphatic carbocycles. The Labute approximate surface area is 113 Å². The molecule has 0 amide bonds. The second-order valence-electron chi connectivity index (χ2n) is 5.08. The molecule has 1 saturated heterocycles. The van der Waals surface area contributed by atoms with Gasteiger partial charge in [-0.25, -0.2) is 8.78 Å². The minimum atomic E-state index is -1.01. The van der Waals surface area contributed by atoms with E-state index in [0.717, 1.165) is 6.42 Å². The molecule has 1 saturated carbocycles. The normalized spacial score (nSPS) is 31.6. The summed E-state index contributed by atoms with van der Waals surface area (Å²) < 4.78 is 33.0. The Hall–Kier alpha value is -1.80. The molecule has 2 fully saturated rings. The zero-order chi connectivity index (χ0) is 14.4. The molecule has 1 aromatic rings. The van der Waals surface area contributed by atoms with E-state index in [1.54, 1.807) is 0 Å².